The van der Waals surface area contributed by atoms with Gasteiger partial charge in [0.15, 0.2) is 0 Å². The van der Waals surface area contributed by atoms with Crippen LogP contribution in [-0.4, -0.2) is 11.0 Å². The number of ether oxygens (including phenoxy) is 1. The molecule has 0 bridgehead atoms. The molecule has 0 radical (unpaired) electrons. The van der Waals surface area contributed by atoms with Gasteiger partial charge in [-0.15, -0.1) is 0 Å². The van der Waals surface area contributed by atoms with Crippen molar-refractivity contribution in [1.29, 1.82) is 0 Å². The average Bonchev–Trinajstić information content (AvgIpc) is 2.68. The fourth-order valence-electron chi connectivity index (χ4n) is 3.09. The van der Waals surface area contributed by atoms with Crippen LogP contribution in [0, 0.1) is 18.6 Å². The van der Waals surface area contributed by atoms with Crippen molar-refractivity contribution in [3.63, 3.8) is 0 Å². The van der Waals surface area contributed by atoms with Crippen molar-refractivity contribution in [2.24, 2.45) is 0 Å². The molecule has 0 fully saturated rings. The molecule has 0 saturated heterocycles. The Bertz CT molecular complexity index is 1060. The van der Waals surface area contributed by atoms with Gasteiger partial charge >= 0.3 is 6.03 Å². The van der Waals surface area contributed by atoms with Gasteiger partial charge in [0.1, 0.15) is 29.7 Å². The molecule has 2 aromatic carbocycles. The van der Waals surface area contributed by atoms with Crippen LogP contribution in [-0.2, 0) is 13.2 Å². The molecule has 0 spiro atoms. The molecule has 7 heteroatoms. The van der Waals surface area contributed by atoms with Gasteiger partial charge in [0.25, 0.3) is 0 Å². The number of pyridine rings is 1. The van der Waals surface area contributed by atoms with Crippen molar-refractivity contribution < 1.29 is 18.3 Å². The fraction of sp³-hybridized carbons (Fsp3) is 0.143. The molecule has 2 amide bonds. The van der Waals surface area contributed by atoms with Crippen LogP contribution >= 0.6 is 0 Å². The number of amides is 2. The predicted octanol–water partition coefficient (Wildman–Crippen LogP) is 4.80. The Hall–Kier alpha value is -3.48. The molecule has 2 heterocycles. The van der Waals surface area contributed by atoms with E-state index >= 15 is 0 Å². The minimum Gasteiger partial charge on any atom is -0.487 e. The van der Waals surface area contributed by atoms with E-state index in [4.69, 9.17) is 4.74 Å². The number of rotatable bonds is 4. The normalized spacial score (nSPS) is 13.1. The number of hydrogen-bond acceptors (Lipinski definition) is 3. The highest BCUT2D eigenvalue weighted by Crippen LogP contribution is 2.33. The zero-order valence-corrected chi connectivity index (χ0v) is 15.1. The number of aromatic nitrogens is 1. The highest BCUT2D eigenvalue weighted by atomic mass is 19.1. The molecular formula is C21H17F2N3O2. The summed E-state index contributed by atoms with van der Waals surface area (Å²) in [4.78, 5) is 18.0. The van der Waals surface area contributed by atoms with Crippen LogP contribution in [0.5, 0.6) is 5.75 Å². The minimum absolute atomic E-state index is 0.0428. The van der Waals surface area contributed by atoms with E-state index in [0.29, 0.717) is 22.7 Å². The summed E-state index contributed by atoms with van der Waals surface area (Å²) in [6.45, 7) is 1.91. The highest BCUT2D eigenvalue weighted by molar-refractivity contribution is 6.04. The number of anilines is 2. The van der Waals surface area contributed by atoms with E-state index in [-0.39, 0.29) is 30.7 Å². The maximum Gasteiger partial charge on any atom is 0.326 e. The third-order valence-corrected chi connectivity index (χ3v) is 4.60. The number of carbonyl (C=O) groups is 1. The van der Waals surface area contributed by atoms with Crippen molar-refractivity contribution in [3.05, 3.63) is 83.2 Å². The second-order valence-corrected chi connectivity index (χ2v) is 6.45. The largest absolute Gasteiger partial charge is 0.487 e. The lowest BCUT2D eigenvalue weighted by Crippen LogP contribution is -2.39. The summed E-state index contributed by atoms with van der Waals surface area (Å²) in [7, 11) is 0. The van der Waals surface area contributed by atoms with Crippen LogP contribution in [0.25, 0.3) is 0 Å². The number of aryl methyl sites for hydroxylation is 1. The summed E-state index contributed by atoms with van der Waals surface area (Å²) in [5.74, 6) is -0.367. The lowest BCUT2D eigenvalue weighted by molar-refractivity contribution is 0.255. The molecule has 142 valence electrons. The van der Waals surface area contributed by atoms with Crippen LogP contribution in [0.1, 0.15) is 16.8 Å². The van der Waals surface area contributed by atoms with Gasteiger partial charge in [-0.1, -0.05) is 12.1 Å². The molecule has 0 saturated carbocycles. The standard InChI is InChI=1S/C21H17F2N3O2/c1-13-7-8-14(28-12-19-17(23)5-3-9-24-19)10-20(13)26-11-15-16(22)4-2-6-18(15)25-21(26)27/h2-10H,11-12H2,1H3,(H,25,27). The number of halogens is 2. The van der Waals surface area contributed by atoms with E-state index in [2.05, 4.69) is 10.3 Å². The Labute approximate surface area is 160 Å². The van der Waals surface area contributed by atoms with Gasteiger partial charge < -0.3 is 10.1 Å². The molecule has 3 aromatic rings. The summed E-state index contributed by atoms with van der Waals surface area (Å²) < 4.78 is 33.5. The Morgan fingerprint density at radius 3 is 2.79 bits per heavy atom. The van der Waals surface area contributed by atoms with Crippen LogP contribution in [0.3, 0.4) is 0 Å². The van der Waals surface area contributed by atoms with Gasteiger partial charge in [-0.2, -0.15) is 0 Å². The Balaban J connectivity index is 1.60. The quantitative estimate of drug-likeness (QED) is 0.706. The topological polar surface area (TPSA) is 54.5 Å². The zero-order chi connectivity index (χ0) is 19.7. The van der Waals surface area contributed by atoms with E-state index in [1.165, 1.54) is 29.3 Å². The molecule has 5 nitrogen and oxygen atoms in total. The number of urea groups is 1. The van der Waals surface area contributed by atoms with Crippen LogP contribution in [0.15, 0.2) is 54.7 Å². The molecule has 1 N–H and O–H groups in total. The number of nitrogens with zero attached hydrogens (tertiary/aromatic N) is 2. The molecule has 1 aliphatic rings. The van der Waals surface area contributed by atoms with E-state index in [1.54, 1.807) is 30.3 Å². The molecular weight excluding hydrogens is 364 g/mol. The van der Waals surface area contributed by atoms with Crippen molar-refractivity contribution >= 4 is 17.4 Å². The summed E-state index contributed by atoms with van der Waals surface area (Å²) in [6.07, 6.45) is 1.49. The lowest BCUT2D eigenvalue weighted by atomic mass is 10.1. The SMILES string of the molecule is Cc1ccc(OCc2ncccc2F)cc1N1Cc2c(F)cccc2NC1=O. The van der Waals surface area contributed by atoms with Crippen molar-refractivity contribution in [1.82, 2.24) is 4.98 Å². The fourth-order valence-corrected chi connectivity index (χ4v) is 3.09. The lowest BCUT2D eigenvalue weighted by Gasteiger charge is -2.30. The number of benzene rings is 2. The van der Waals surface area contributed by atoms with E-state index in [1.807, 2.05) is 6.92 Å². The van der Waals surface area contributed by atoms with Gasteiger partial charge in [0.2, 0.25) is 0 Å². The monoisotopic (exact) mass is 381 g/mol. The Morgan fingerprint density at radius 2 is 1.96 bits per heavy atom. The second kappa shape index (κ2) is 7.26. The van der Waals surface area contributed by atoms with Gasteiger partial charge in [-0.3, -0.25) is 9.88 Å². The van der Waals surface area contributed by atoms with Crippen LogP contribution in [0.2, 0.25) is 0 Å². The highest BCUT2D eigenvalue weighted by Gasteiger charge is 2.27. The van der Waals surface area contributed by atoms with E-state index < -0.39 is 5.82 Å². The number of hydrogen-bond donors (Lipinski definition) is 1. The third-order valence-electron chi connectivity index (χ3n) is 4.60. The first-order chi connectivity index (χ1) is 13.5. The first-order valence-electron chi connectivity index (χ1n) is 8.71. The van der Waals surface area contributed by atoms with Gasteiger partial charge in [-0.05, 0) is 42.8 Å². The first-order valence-corrected chi connectivity index (χ1v) is 8.71. The Morgan fingerprint density at radius 1 is 1.14 bits per heavy atom. The summed E-state index contributed by atoms with van der Waals surface area (Å²) in [5, 5.41) is 2.71. The summed E-state index contributed by atoms with van der Waals surface area (Å²) in [6, 6.07) is 12.3. The number of fused-ring (bicyclic) bond motifs is 1. The molecule has 1 aromatic heterocycles. The third kappa shape index (κ3) is 3.38. The Kier molecular flexibility index (Phi) is 4.65. The maximum atomic E-state index is 14.2. The molecule has 28 heavy (non-hydrogen) atoms. The predicted molar refractivity (Wildman–Crippen MR) is 101 cm³/mol. The van der Waals surface area contributed by atoms with Crippen molar-refractivity contribution in [3.8, 4) is 5.75 Å². The molecule has 0 unspecified atom stereocenters. The maximum absolute atomic E-state index is 14.2. The molecule has 0 atom stereocenters. The van der Waals surface area contributed by atoms with Crippen LogP contribution in [0.4, 0.5) is 25.0 Å². The first kappa shape index (κ1) is 17.9. The van der Waals surface area contributed by atoms with Gasteiger partial charge in [-0.25, -0.2) is 13.6 Å². The smallest absolute Gasteiger partial charge is 0.326 e. The van der Waals surface area contributed by atoms with Gasteiger partial charge in [0.05, 0.1) is 17.9 Å². The van der Waals surface area contributed by atoms with Crippen molar-refractivity contribution in [2.45, 2.75) is 20.1 Å². The van der Waals surface area contributed by atoms with E-state index in [0.717, 1.165) is 5.56 Å². The molecule has 1 aliphatic heterocycles. The minimum atomic E-state index is -0.447. The average molecular weight is 381 g/mol. The number of nitrogens with one attached hydrogen (secondary N) is 1. The second-order valence-electron chi connectivity index (χ2n) is 6.45. The molecule has 0 aliphatic carbocycles. The summed E-state index contributed by atoms with van der Waals surface area (Å²) >= 11 is 0. The van der Waals surface area contributed by atoms with Gasteiger partial charge in [0, 0.05) is 17.8 Å². The summed E-state index contributed by atoms with van der Waals surface area (Å²) in [5.41, 5.74) is 2.49. The van der Waals surface area contributed by atoms with Crippen molar-refractivity contribution in [2.75, 3.05) is 10.2 Å². The molecule has 4 rings (SSSR count). The van der Waals surface area contributed by atoms with E-state index in [9.17, 15) is 13.6 Å². The number of carbonyl (C=O) groups excluding carboxylic acids is 1. The van der Waals surface area contributed by atoms with Crippen LogP contribution < -0.4 is 15.0 Å². The zero-order valence-electron chi connectivity index (χ0n) is 15.1.